The van der Waals surface area contributed by atoms with Crippen molar-refractivity contribution in [1.29, 1.82) is 0 Å². The molecule has 0 aliphatic carbocycles. The number of anilines is 1. The lowest BCUT2D eigenvalue weighted by Gasteiger charge is -2.08. The van der Waals surface area contributed by atoms with Crippen LogP contribution in [0.5, 0.6) is 0 Å². The number of carbonyl (C=O) groups excluding carboxylic acids is 2. The van der Waals surface area contributed by atoms with Gasteiger partial charge in [0.05, 0.1) is 4.90 Å². The molecule has 108 valence electrons. The van der Waals surface area contributed by atoms with Gasteiger partial charge in [-0.1, -0.05) is 0 Å². The van der Waals surface area contributed by atoms with Gasteiger partial charge in [-0.2, -0.15) is 0 Å². The second kappa shape index (κ2) is 6.33. The molecule has 7 heteroatoms. The summed E-state index contributed by atoms with van der Waals surface area (Å²) in [6.07, 6.45) is 1.43. The summed E-state index contributed by atoms with van der Waals surface area (Å²) in [6, 6.07) is 5.83. The number of amides is 1. The topological polar surface area (TPSA) is 92.3 Å². The lowest BCUT2D eigenvalue weighted by atomic mass is 10.3. The third-order valence-corrected chi connectivity index (χ3v) is 3.65. The quantitative estimate of drug-likeness (QED) is 0.802. The predicted molar refractivity (Wildman–Crippen MR) is 75.5 cm³/mol. The first-order chi connectivity index (χ1) is 9.20. The first kappa shape index (κ1) is 15.9. The maximum atomic E-state index is 11.7. The second-order valence-electron chi connectivity index (χ2n) is 4.25. The van der Waals surface area contributed by atoms with Crippen molar-refractivity contribution in [2.24, 2.45) is 0 Å². The van der Waals surface area contributed by atoms with Crippen molar-refractivity contribution in [3.05, 3.63) is 36.0 Å². The summed E-state index contributed by atoms with van der Waals surface area (Å²) in [6.45, 7) is 4.29. The molecule has 0 unspecified atom stereocenters. The number of sulfonamides is 1. The van der Waals surface area contributed by atoms with Crippen molar-refractivity contribution in [1.82, 2.24) is 4.72 Å². The number of hydrogen-bond donors (Lipinski definition) is 2. The van der Waals surface area contributed by atoms with Crippen LogP contribution in [0.15, 0.2) is 40.9 Å². The maximum absolute atomic E-state index is 11.7. The Morgan fingerprint density at radius 1 is 1.05 bits per heavy atom. The van der Waals surface area contributed by atoms with E-state index in [1.54, 1.807) is 19.1 Å². The summed E-state index contributed by atoms with van der Waals surface area (Å²) in [4.78, 5) is 21.7. The Bertz CT molecular complexity index is 645. The molecule has 0 spiro atoms. The van der Waals surface area contributed by atoms with E-state index in [1.165, 1.54) is 25.1 Å². The molecule has 0 aliphatic heterocycles. The molecule has 20 heavy (non-hydrogen) atoms. The van der Waals surface area contributed by atoms with Gasteiger partial charge in [-0.3, -0.25) is 9.59 Å². The van der Waals surface area contributed by atoms with E-state index < -0.39 is 15.9 Å². The van der Waals surface area contributed by atoms with Gasteiger partial charge in [-0.15, -0.1) is 0 Å². The van der Waals surface area contributed by atoms with E-state index in [1.807, 2.05) is 4.72 Å². The molecule has 6 nitrogen and oxygen atoms in total. The monoisotopic (exact) mass is 296 g/mol. The molecule has 1 aromatic rings. The van der Waals surface area contributed by atoms with E-state index in [0.29, 0.717) is 11.4 Å². The van der Waals surface area contributed by atoms with Crippen LogP contribution >= 0.6 is 0 Å². The number of ketones is 1. The zero-order valence-electron chi connectivity index (χ0n) is 11.4. The molecule has 0 aromatic heterocycles. The van der Waals surface area contributed by atoms with Crippen molar-refractivity contribution >= 4 is 27.4 Å². The van der Waals surface area contributed by atoms with Gasteiger partial charge in [-0.05, 0) is 44.2 Å². The van der Waals surface area contributed by atoms with E-state index >= 15 is 0 Å². The number of nitrogens with one attached hydrogen (secondary N) is 2. The molecule has 0 radical (unpaired) electrons. The average molecular weight is 296 g/mol. The number of allylic oxidation sites excluding steroid dienone is 2. The predicted octanol–water partition coefficient (Wildman–Crippen LogP) is 1.42. The fourth-order valence-corrected chi connectivity index (χ4v) is 2.52. The highest BCUT2D eigenvalue weighted by Crippen LogP contribution is 2.15. The highest BCUT2D eigenvalue weighted by Gasteiger charge is 2.14. The van der Waals surface area contributed by atoms with Crippen molar-refractivity contribution in [3.8, 4) is 0 Å². The molecule has 0 saturated heterocycles. The van der Waals surface area contributed by atoms with Crippen LogP contribution in [-0.2, 0) is 19.6 Å². The molecule has 0 heterocycles. The first-order valence-corrected chi connectivity index (χ1v) is 7.28. The van der Waals surface area contributed by atoms with Gasteiger partial charge in [0, 0.05) is 18.3 Å². The highest BCUT2D eigenvalue weighted by molar-refractivity contribution is 7.90. The molecule has 1 rings (SSSR count). The first-order valence-electron chi connectivity index (χ1n) is 5.80. The normalized spacial score (nSPS) is 11.8. The minimum atomic E-state index is -3.82. The average Bonchev–Trinajstić information content (AvgIpc) is 2.26. The van der Waals surface area contributed by atoms with Crippen molar-refractivity contribution in [2.45, 2.75) is 25.7 Å². The van der Waals surface area contributed by atoms with Crippen LogP contribution in [0.4, 0.5) is 5.69 Å². The summed E-state index contributed by atoms with van der Waals surface area (Å²) >= 11 is 0. The number of carbonyl (C=O) groups is 2. The Kier molecular flexibility index (Phi) is 5.04. The Balaban J connectivity index is 2.90. The Morgan fingerprint density at radius 2 is 1.60 bits per heavy atom. The number of rotatable bonds is 5. The molecule has 0 bridgehead atoms. The summed E-state index contributed by atoms with van der Waals surface area (Å²) in [7, 11) is -3.82. The van der Waals surface area contributed by atoms with E-state index in [9.17, 15) is 18.0 Å². The van der Waals surface area contributed by atoms with Gasteiger partial charge in [-0.25, -0.2) is 13.1 Å². The summed E-state index contributed by atoms with van der Waals surface area (Å²) in [5.74, 6) is -0.729. The Morgan fingerprint density at radius 3 is 2.05 bits per heavy atom. The van der Waals surface area contributed by atoms with Crippen LogP contribution in [0.1, 0.15) is 20.8 Å². The van der Waals surface area contributed by atoms with E-state index in [2.05, 4.69) is 5.32 Å². The molecule has 0 saturated carbocycles. The molecule has 0 aliphatic rings. The molecule has 1 aromatic carbocycles. The highest BCUT2D eigenvalue weighted by atomic mass is 32.2. The molecule has 1 amide bonds. The Labute approximate surface area is 117 Å². The Hall–Kier alpha value is -2.15. The standard InChI is InChI=1S/C13H16N2O4S/c1-9(8-10(2)16)14-12-4-6-13(7-5-12)20(18,19)15-11(3)17/h4-8,14H,1-3H3,(H,15,17). The molecule has 0 atom stereocenters. The van der Waals surface area contributed by atoms with Gasteiger partial charge < -0.3 is 5.32 Å². The fourth-order valence-electron chi connectivity index (χ4n) is 1.53. The minimum absolute atomic E-state index is 0.00792. The number of hydrogen-bond acceptors (Lipinski definition) is 5. The summed E-state index contributed by atoms with van der Waals surface area (Å²) in [5, 5.41) is 2.95. The summed E-state index contributed by atoms with van der Waals surface area (Å²) < 4.78 is 25.3. The van der Waals surface area contributed by atoms with Crippen LogP contribution in [-0.4, -0.2) is 20.1 Å². The van der Waals surface area contributed by atoms with Gasteiger partial charge in [0.15, 0.2) is 5.78 Å². The van der Waals surface area contributed by atoms with Crippen molar-refractivity contribution in [2.75, 3.05) is 5.32 Å². The lowest BCUT2D eigenvalue weighted by Crippen LogP contribution is -2.28. The zero-order valence-corrected chi connectivity index (χ0v) is 12.2. The summed E-state index contributed by atoms with van der Waals surface area (Å²) in [5.41, 5.74) is 1.29. The lowest BCUT2D eigenvalue weighted by molar-refractivity contribution is -0.117. The zero-order chi connectivity index (χ0) is 15.3. The van der Waals surface area contributed by atoms with Crippen LogP contribution in [0.2, 0.25) is 0 Å². The maximum Gasteiger partial charge on any atom is 0.264 e. The van der Waals surface area contributed by atoms with Gasteiger partial charge in [0.1, 0.15) is 0 Å². The fraction of sp³-hybridized carbons (Fsp3) is 0.231. The molecular formula is C13H16N2O4S. The SMILES string of the molecule is CC(=O)C=C(C)Nc1ccc(S(=O)(=O)NC(C)=O)cc1. The smallest absolute Gasteiger partial charge is 0.264 e. The van der Waals surface area contributed by atoms with Crippen molar-refractivity contribution < 1.29 is 18.0 Å². The third-order valence-electron chi connectivity index (χ3n) is 2.20. The number of benzene rings is 1. The van der Waals surface area contributed by atoms with Gasteiger partial charge in [0.2, 0.25) is 5.91 Å². The molecule has 2 N–H and O–H groups in total. The van der Waals surface area contributed by atoms with Gasteiger partial charge in [0.25, 0.3) is 10.0 Å². The van der Waals surface area contributed by atoms with Crippen LogP contribution in [0.3, 0.4) is 0 Å². The minimum Gasteiger partial charge on any atom is -0.359 e. The molecular weight excluding hydrogens is 280 g/mol. The van der Waals surface area contributed by atoms with E-state index in [4.69, 9.17) is 0 Å². The van der Waals surface area contributed by atoms with E-state index in [-0.39, 0.29) is 10.7 Å². The van der Waals surface area contributed by atoms with E-state index in [0.717, 1.165) is 6.92 Å². The van der Waals surface area contributed by atoms with Crippen LogP contribution < -0.4 is 10.0 Å². The second-order valence-corrected chi connectivity index (χ2v) is 5.93. The van der Waals surface area contributed by atoms with Crippen LogP contribution in [0.25, 0.3) is 0 Å². The van der Waals surface area contributed by atoms with Crippen molar-refractivity contribution in [3.63, 3.8) is 0 Å². The van der Waals surface area contributed by atoms with Crippen LogP contribution in [0, 0.1) is 0 Å². The molecule has 0 fully saturated rings. The third kappa shape index (κ3) is 4.85. The van der Waals surface area contributed by atoms with Gasteiger partial charge >= 0.3 is 0 Å². The largest absolute Gasteiger partial charge is 0.359 e.